The highest BCUT2D eigenvalue weighted by molar-refractivity contribution is 14.2. The van der Waals surface area contributed by atoms with Gasteiger partial charge in [0, 0.05) is 5.56 Å². The van der Waals surface area contributed by atoms with Gasteiger partial charge in [0.2, 0.25) is 0 Å². The monoisotopic (exact) mass is 446 g/mol. The van der Waals surface area contributed by atoms with Crippen molar-refractivity contribution in [2.45, 2.75) is 34.0 Å². The molecule has 0 aliphatic rings. The molecular weight excluding hydrogens is 430 g/mol. The van der Waals surface area contributed by atoms with Gasteiger partial charge < -0.3 is 10.2 Å². The summed E-state index contributed by atoms with van der Waals surface area (Å²) < 4.78 is -0.145. The van der Waals surface area contributed by atoms with Crippen molar-refractivity contribution in [1.29, 1.82) is 0 Å². The maximum Gasteiger partial charge on any atom is 0.162 e. The second kappa shape index (κ2) is 6.28. The molecule has 1 aromatic rings. The molecule has 0 fully saturated rings. The van der Waals surface area contributed by atoms with Gasteiger partial charge in [-0.2, -0.15) is 0 Å². The lowest BCUT2D eigenvalue weighted by atomic mass is 10.0. The summed E-state index contributed by atoms with van der Waals surface area (Å²) in [6.45, 7) is 2.17. The molecule has 0 atom stereocenters. The van der Waals surface area contributed by atoms with Crippen LogP contribution in [0.4, 0.5) is 0 Å². The van der Waals surface area contributed by atoms with Gasteiger partial charge in [0.25, 0.3) is 0 Å². The maximum absolute atomic E-state index is 9.83. The molecule has 2 N–H and O–H groups in total. The van der Waals surface area contributed by atoms with Crippen molar-refractivity contribution < 1.29 is 10.2 Å². The van der Waals surface area contributed by atoms with Crippen LogP contribution in [0.25, 0.3) is 0 Å². The van der Waals surface area contributed by atoms with Crippen LogP contribution in [0.2, 0.25) is 0 Å². The zero-order valence-electron chi connectivity index (χ0n) is 9.21. The number of aromatic hydroxyl groups is 2. The Kier molecular flexibility index (Phi) is 5.63. The van der Waals surface area contributed by atoms with E-state index in [0.29, 0.717) is 0 Å². The van der Waals surface area contributed by atoms with Gasteiger partial charge in [0.15, 0.2) is 11.5 Å². The first kappa shape index (κ1) is 14.3. The highest BCUT2D eigenvalue weighted by Gasteiger charge is 2.28. The summed E-state index contributed by atoms with van der Waals surface area (Å²) in [5.41, 5.74) is 0.810. The van der Waals surface area contributed by atoms with Crippen LogP contribution in [0.15, 0.2) is 18.2 Å². The van der Waals surface area contributed by atoms with Crippen LogP contribution in [0.5, 0.6) is 11.5 Å². The number of para-hydroxylation sites is 1. The van der Waals surface area contributed by atoms with Crippen LogP contribution >= 0.6 is 45.2 Å². The fraction of sp³-hybridized carbons (Fsp3) is 0.500. The number of benzene rings is 1. The van der Waals surface area contributed by atoms with E-state index < -0.39 is 0 Å². The van der Waals surface area contributed by atoms with Gasteiger partial charge in [-0.25, -0.2) is 0 Å². The van der Waals surface area contributed by atoms with E-state index in [9.17, 15) is 10.2 Å². The van der Waals surface area contributed by atoms with Crippen molar-refractivity contribution >= 4 is 45.2 Å². The molecule has 90 valence electrons. The lowest BCUT2D eigenvalue weighted by molar-refractivity contribution is 0.398. The molecule has 0 heterocycles. The molecule has 0 saturated heterocycles. The number of unbranched alkanes of at least 4 members (excludes halogenated alkanes) is 2. The van der Waals surface area contributed by atoms with E-state index in [2.05, 4.69) is 52.1 Å². The molecule has 0 saturated carbocycles. The Bertz CT molecular complexity index is 351. The van der Waals surface area contributed by atoms with Crippen molar-refractivity contribution in [3.8, 4) is 11.5 Å². The minimum Gasteiger partial charge on any atom is -0.504 e. The normalized spacial score (nSPS) is 11.7. The zero-order valence-corrected chi connectivity index (χ0v) is 13.5. The van der Waals surface area contributed by atoms with Gasteiger partial charge in [-0.15, -0.1) is 0 Å². The van der Waals surface area contributed by atoms with Crippen LogP contribution in [-0.2, 0) is 1.43 Å². The molecule has 0 radical (unpaired) electrons. The maximum atomic E-state index is 9.83. The van der Waals surface area contributed by atoms with Crippen LogP contribution in [0.1, 0.15) is 38.2 Å². The van der Waals surface area contributed by atoms with Crippen molar-refractivity contribution in [2.24, 2.45) is 0 Å². The number of phenols is 2. The summed E-state index contributed by atoms with van der Waals surface area (Å²) in [6, 6.07) is 5.16. The van der Waals surface area contributed by atoms with E-state index in [4.69, 9.17) is 0 Å². The largest absolute Gasteiger partial charge is 0.504 e. The van der Waals surface area contributed by atoms with E-state index in [1.54, 1.807) is 6.07 Å². The fourth-order valence-electron chi connectivity index (χ4n) is 1.56. The Balaban J connectivity index is 2.84. The van der Waals surface area contributed by atoms with Gasteiger partial charge in [-0.1, -0.05) is 83.5 Å². The number of rotatable bonds is 5. The molecule has 4 heteroatoms. The minimum atomic E-state index is -0.145. The average molecular weight is 446 g/mol. The number of phenolic OH excluding ortho intramolecular Hbond substituents is 2. The molecule has 1 aromatic carbocycles. The van der Waals surface area contributed by atoms with Crippen LogP contribution in [0.3, 0.4) is 0 Å². The molecule has 0 bridgehead atoms. The van der Waals surface area contributed by atoms with E-state index in [0.717, 1.165) is 18.4 Å². The number of alkyl halides is 2. The molecule has 1 rings (SSSR count). The lowest BCUT2D eigenvalue weighted by Crippen LogP contribution is -2.08. The van der Waals surface area contributed by atoms with E-state index >= 15 is 0 Å². The molecule has 0 aromatic heterocycles. The van der Waals surface area contributed by atoms with Gasteiger partial charge in [0.1, 0.15) is 1.43 Å². The fourth-order valence-corrected chi connectivity index (χ4v) is 3.19. The molecular formula is C12H16I2O2. The first-order valence-corrected chi connectivity index (χ1v) is 7.54. The summed E-state index contributed by atoms with van der Waals surface area (Å²) in [4.78, 5) is 0. The molecule has 2 nitrogen and oxygen atoms in total. The molecule has 16 heavy (non-hydrogen) atoms. The molecule has 0 amide bonds. The zero-order chi connectivity index (χ0) is 12.2. The Hall–Kier alpha value is 0.280. The topological polar surface area (TPSA) is 40.5 Å². The van der Waals surface area contributed by atoms with Gasteiger partial charge >= 0.3 is 0 Å². The van der Waals surface area contributed by atoms with E-state index in [1.165, 1.54) is 18.9 Å². The van der Waals surface area contributed by atoms with Gasteiger partial charge in [0.05, 0.1) is 0 Å². The summed E-state index contributed by atoms with van der Waals surface area (Å²) in [5.74, 6) is -0.0199. The van der Waals surface area contributed by atoms with E-state index in [-0.39, 0.29) is 12.9 Å². The third kappa shape index (κ3) is 3.65. The average Bonchev–Trinajstić information content (AvgIpc) is 2.22. The standard InChI is InChI=1S/C12H16I2O2/c1-2-3-4-8-12(13,14)9-6-5-7-10(15)11(9)16/h5-7,15-16H,2-4,8H2,1H3. The Morgan fingerprint density at radius 3 is 2.50 bits per heavy atom. The van der Waals surface area contributed by atoms with Crippen LogP contribution in [0, 0.1) is 0 Å². The number of hydrogen-bond donors (Lipinski definition) is 2. The Labute approximate surface area is 124 Å². The summed E-state index contributed by atoms with van der Waals surface area (Å²) in [5, 5.41) is 19.3. The first-order chi connectivity index (χ1) is 7.49. The van der Waals surface area contributed by atoms with Gasteiger partial charge in [-0.3, -0.25) is 0 Å². The molecule has 0 aliphatic heterocycles. The quantitative estimate of drug-likeness (QED) is 0.298. The number of hydrogen-bond acceptors (Lipinski definition) is 2. The highest BCUT2D eigenvalue weighted by Crippen LogP contribution is 2.49. The van der Waals surface area contributed by atoms with E-state index in [1.807, 2.05) is 6.07 Å². The molecule has 0 aliphatic carbocycles. The SMILES string of the molecule is CCCCCC(I)(I)c1cccc(O)c1O. The minimum absolute atomic E-state index is 0.0165. The molecule has 0 spiro atoms. The number of halogens is 2. The summed E-state index contributed by atoms with van der Waals surface area (Å²) in [6.07, 6.45) is 4.53. The van der Waals surface area contributed by atoms with Crippen LogP contribution in [-0.4, -0.2) is 10.2 Å². The van der Waals surface area contributed by atoms with Crippen LogP contribution < -0.4 is 0 Å². The molecule has 0 unspecified atom stereocenters. The second-order valence-electron chi connectivity index (χ2n) is 3.83. The first-order valence-electron chi connectivity index (χ1n) is 5.38. The highest BCUT2D eigenvalue weighted by atomic mass is 127. The smallest absolute Gasteiger partial charge is 0.162 e. The van der Waals surface area contributed by atoms with Crippen molar-refractivity contribution in [1.82, 2.24) is 0 Å². The van der Waals surface area contributed by atoms with Gasteiger partial charge in [-0.05, 0) is 12.5 Å². The third-order valence-electron chi connectivity index (χ3n) is 2.50. The predicted molar refractivity (Wildman–Crippen MR) is 83.6 cm³/mol. The summed E-state index contributed by atoms with van der Waals surface area (Å²) >= 11 is 4.68. The lowest BCUT2D eigenvalue weighted by Gasteiger charge is -2.22. The Morgan fingerprint density at radius 2 is 1.88 bits per heavy atom. The van der Waals surface area contributed by atoms with Crippen molar-refractivity contribution in [3.05, 3.63) is 23.8 Å². The Morgan fingerprint density at radius 1 is 1.19 bits per heavy atom. The van der Waals surface area contributed by atoms with Crippen molar-refractivity contribution in [3.63, 3.8) is 0 Å². The van der Waals surface area contributed by atoms with Crippen molar-refractivity contribution in [2.75, 3.05) is 0 Å². The second-order valence-corrected chi connectivity index (χ2v) is 9.58. The summed E-state index contributed by atoms with van der Waals surface area (Å²) in [7, 11) is 0. The predicted octanol–water partition coefficient (Wildman–Crippen LogP) is 4.70. The third-order valence-corrected chi connectivity index (χ3v) is 4.74.